The summed E-state index contributed by atoms with van der Waals surface area (Å²) in [5.41, 5.74) is 7.07. The summed E-state index contributed by atoms with van der Waals surface area (Å²) in [6.07, 6.45) is 1.85. The molecule has 0 saturated heterocycles. The number of aryl methyl sites for hydroxylation is 1. The van der Waals surface area contributed by atoms with Gasteiger partial charge in [0.2, 0.25) is 0 Å². The molecule has 3 N–H and O–H groups in total. The van der Waals surface area contributed by atoms with E-state index >= 15 is 0 Å². The van der Waals surface area contributed by atoms with E-state index < -0.39 is 0 Å². The molecule has 0 aliphatic rings. The normalized spacial score (nSPS) is 12.9. The number of hydrogen-bond donors (Lipinski definition) is 2. The van der Waals surface area contributed by atoms with Gasteiger partial charge in [-0.3, -0.25) is 0 Å². The fraction of sp³-hybridized carbons (Fsp3) is 0.545. The maximum atomic E-state index is 5.90. The van der Waals surface area contributed by atoms with Gasteiger partial charge in [0.1, 0.15) is 5.82 Å². The topological polar surface area (TPSA) is 50.9 Å². The van der Waals surface area contributed by atoms with E-state index in [1.54, 1.807) is 0 Å². The van der Waals surface area contributed by atoms with Crippen LogP contribution in [0.2, 0.25) is 0 Å². The van der Waals surface area contributed by atoms with Gasteiger partial charge in [-0.1, -0.05) is 19.9 Å². The summed E-state index contributed by atoms with van der Waals surface area (Å²) in [6, 6.07) is 4.19. The lowest BCUT2D eigenvalue weighted by atomic mass is 10.1. The number of rotatable bonds is 4. The number of aromatic nitrogens is 1. The van der Waals surface area contributed by atoms with Gasteiger partial charge in [0.15, 0.2) is 0 Å². The average molecular weight is 193 g/mol. The van der Waals surface area contributed by atoms with Crippen LogP contribution in [0.3, 0.4) is 0 Å². The van der Waals surface area contributed by atoms with Crippen LogP contribution in [-0.2, 0) is 0 Å². The summed E-state index contributed by atoms with van der Waals surface area (Å²) >= 11 is 0. The fourth-order valence-corrected chi connectivity index (χ4v) is 1.03. The van der Waals surface area contributed by atoms with E-state index in [1.807, 2.05) is 25.3 Å². The van der Waals surface area contributed by atoms with Crippen LogP contribution in [0, 0.1) is 12.8 Å². The SMILES string of the molecule is Cc1ccc(NCC(N)C(C)C)nc1. The molecule has 0 amide bonds. The number of anilines is 1. The molecule has 14 heavy (non-hydrogen) atoms. The van der Waals surface area contributed by atoms with Gasteiger partial charge >= 0.3 is 0 Å². The van der Waals surface area contributed by atoms with Gasteiger partial charge in [-0.2, -0.15) is 0 Å². The van der Waals surface area contributed by atoms with Gasteiger partial charge in [-0.25, -0.2) is 4.98 Å². The minimum Gasteiger partial charge on any atom is -0.369 e. The first-order chi connectivity index (χ1) is 6.59. The lowest BCUT2D eigenvalue weighted by Crippen LogP contribution is -2.34. The summed E-state index contributed by atoms with van der Waals surface area (Å²) < 4.78 is 0. The van der Waals surface area contributed by atoms with E-state index in [4.69, 9.17) is 5.73 Å². The van der Waals surface area contributed by atoms with Gasteiger partial charge < -0.3 is 11.1 Å². The van der Waals surface area contributed by atoms with Crippen LogP contribution in [0.4, 0.5) is 5.82 Å². The Labute approximate surface area is 85.7 Å². The predicted molar refractivity (Wildman–Crippen MR) is 60.3 cm³/mol. The van der Waals surface area contributed by atoms with Crippen LogP contribution in [-0.4, -0.2) is 17.6 Å². The molecule has 0 aliphatic carbocycles. The standard InChI is InChI=1S/C11H19N3/c1-8(2)10(12)7-14-11-5-4-9(3)6-13-11/h4-6,8,10H,7,12H2,1-3H3,(H,13,14). The molecule has 1 aromatic heterocycles. The number of hydrogen-bond acceptors (Lipinski definition) is 3. The van der Waals surface area contributed by atoms with Crippen molar-refractivity contribution in [3.05, 3.63) is 23.9 Å². The molecule has 0 fully saturated rings. The maximum absolute atomic E-state index is 5.90. The second kappa shape index (κ2) is 4.96. The number of nitrogens with zero attached hydrogens (tertiary/aromatic N) is 1. The highest BCUT2D eigenvalue weighted by molar-refractivity contribution is 5.35. The van der Waals surface area contributed by atoms with Crippen LogP contribution in [0.15, 0.2) is 18.3 Å². The number of nitrogens with two attached hydrogens (primary N) is 1. The monoisotopic (exact) mass is 193 g/mol. The van der Waals surface area contributed by atoms with E-state index in [2.05, 4.69) is 24.1 Å². The molecule has 0 spiro atoms. The molecule has 0 radical (unpaired) electrons. The van der Waals surface area contributed by atoms with Crippen LogP contribution in [0.25, 0.3) is 0 Å². The Kier molecular flexibility index (Phi) is 3.89. The third-order valence-electron chi connectivity index (χ3n) is 2.29. The Morgan fingerprint density at radius 2 is 2.14 bits per heavy atom. The molecule has 1 rings (SSSR count). The molecular weight excluding hydrogens is 174 g/mol. The smallest absolute Gasteiger partial charge is 0.125 e. The number of pyridine rings is 1. The highest BCUT2D eigenvalue weighted by Crippen LogP contribution is 2.05. The largest absolute Gasteiger partial charge is 0.369 e. The van der Waals surface area contributed by atoms with Crippen LogP contribution in [0.5, 0.6) is 0 Å². The van der Waals surface area contributed by atoms with Gasteiger partial charge in [0.25, 0.3) is 0 Å². The lowest BCUT2D eigenvalue weighted by molar-refractivity contribution is 0.511. The van der Waals surface area contributed by atoms with Gasteiger partial charge in [-0.05, 0) is 24.5 Å². The Morgan fingerprint density at radius 1 is 1.43 bits per heavy atom. The van der Waals surface area contributed by atoms with Gasteiger partial charge in [0, 0.05) is 18.8 Å². The Hall–Kier alpha value is -1.09. The van der Waals surface area contributed by atoms with Gasteiger partial charge in [0.05, 0.1) is 0 Å². The third kappa shape index (κ3) is 3.34. The lowest BCUT2D eigenvalue weighted by Gasteiger charge is -2.16. The van der Waals surface area contributed by atoms with Crippen LogP contribution < -0.4 is 11.1 Å². The molecule has 0 bridgehead atoms. The average Bonchev–Trinajstić information content (AvgIpc) is 2.16. The summed E-state index contributed by atoms with van der Waals surface area (Å²) in [5, 5.41) is 3.22. The zero-order valence-corrected chi connectivity index (χ0v) is 9.12. The van der Waals surface area contributed by atoms with Crippen molar-refractivity contribution in [2.24, 2.45) is 11.7 Å². The molecular formula is C11H19N3. The van der Waals surface area contributed by atoms with Crippen molar-refractivity contribution in [1.82, 2.24) is 4.98 Å². The molecule has 1 unspecified atom stereocenters. The zero-order valence-electron chi connectivity index (χ0n) is 9.12. The molecule has 78 valence electrons. The fourth-order valence-electron chi connectivity index (χ4n) is 1.03. The van der Waals surface area contributed by atoms with Crippen molar-refractivity contribution in [3.8, 4) is 0 Å². The molecule has 0 aromatic carbocycles. The summed E-state index contributed by atoms with van der Waals surface area (Å²) in [4.78, 5) is 4.24. The van der Waals surface area contributed by atoms with E-state index in [9.17, 15) is 0 Å². The van der Waals surface area contributed by atoms with Crippen LogP contribution >= 0.6 is 0 Å². The quantitative estimate of drug-likeness (QED) is 0.766. The van der Waals surface area contributed by atoms with Crippen LogP contribution in [0.1, 0.15) is 19.4 Å². The van der Waals surface area contributed by atoms with Crippen molar-refractivity contribution >= 4 is 5.82 Å². The van der Waals surface area contributed by atoms with E-state index in [0.29, 0.717) is 5.92 Å². The summed E-state index contributed by atoms with van der Waals surface area (Å²) in [5.74, 6) is 1.39. The predicted octanol–water partition coefficient (Wildman–Crippen LogP) is 1.79. The molecule has 3 heteroatoms. The second-order valence-electron chi connectivity index (χ2n) is 4.01. The van der Waals surface area contributed by atoms with E-state index in [1.165, 1.54) is 5.56 Å². The summed E-state index contributed by atoms with van der Waals surface area (Å²) in [6.45, 7) is 7.04. The third-order valence-corrected chi connectivity index (χ3v) is 2.29. The summed E-state index contributed by atoms with van der Waals surface area (Å²) in [7, 11) is 0. The molecule has 3 nitrogen and oxygen atoms in total. The Balaban J connectivity index is 2.42. The second-order valence-corrected chi connectivity index (χ2v) is 4.01. The first-order valence-electron chi connectivity index (χ1n) is 5.01. The Morgan fingerprint density at radius 3 is 2.64 bits per heavy atom. The molecule has 0 saturated carbocycles. The van der Waals surface area contributed by atoms with Crippen molar-refractivity contribution < 1.29 is 0 Å². The van der Waals surface area contributed by atoms with Crippen molar-refractivity contribution in [3.63, 3.8) is 0 Å². The minimum absolute atomic E-state index is 0.179. The maximum Gasteiger partial charge on any atom is 0.125 e. The minimum atomic E-state index is 0.179. The van der Waals surface area contributed by atoms with Crippen molar-refractivity contribution in [2.75, 3.05) is 11.9 Å². The first kappa shape index (κ1) is 11.0. The van der Waals surface area contributed by atoms with Gasteiger partial charge in [-0.15, -0.1) is 0 Å². The Bertz CT molecular complexity index is 266. The highest BCUT2D eigenvalue weighted by atomic mass is 15.0. The van der Waals surface area contributed by atoms with Crippen molar-refractivity contribution in [2.45, 2.75) is 26.8 Å². The molecule has 1 heterocycles. The molecule has 1 atom stereocenters. The zero-order chi connectivity index (χ0) is 10.6. The number of nitrogens with one attached hydrogen (secondary N) is 1. The van der Waals surface area contributed by atoms with E-state index in [0.717, 1.165) is 12.4 Å². The molecule has 1 aromatic rings. The van der Waals surface area contributed by atoms with Crippen molar-refractivity contribution in [1.29, 1.82) is 0 Å². The molecule has 0 aliphatic heterocycles. The highest BCUT2D eigenvalue weighted by Gasteiger charge is 2.06. The first-order valence-corrected chi connectivity index (χ1v) is 5.01. The van der Waals surface area contributed by atoms with E-state index in [-0.39, 0.29) is 6.04 Å².